The van der Waals surface area contributed by atoms with Gasteiger partial charge in [-0.3, -0.25) is 0 Å². The zero-order chi connectivity index (χ0) is 16.8. The summed E-state index contributed by atoms with van der Waals surface area (Å²) < 4.78 is 0. The van der Waals surface area contributed by atoms with E-state index >= 15 is 0 Å². The molecular weight excluding hydrogens is 272 g/mol. The van der Waals surface area contributed by atoms with Crippen LogP contribution < -0.4 is 0 Å². The summed E-state index contributed by atoms with van der Waals surface area (Å²) in [5.41, 5.74) is 3.16. The Bertz CT molecular complexity index is 484. The molecule has 0 unspecified atom stereocenters. The molecule has 1 aromatic carbocycles. The van der Waals surface area contributed by atoms with Crippen LogP contribution in [0.2, 0.25) is 0 Å². The van der Waals surface area contributed by atoms with Crippen LogP contribution >= 0.6 is 0 Å². The van der Waals surface area contributed by atoms with Crippen LogP contribution in [0.5, 0.6) is 0 Å². The highest BCUT2D eigenvalue weighted by Crippen LogP contribution is 2.25. The maximum Gasteiger partial charge on any atom is 0.330 e. The fraction of sp³-hybridized carbons (Fsp3) is 0.250. The second kappa shape index (κ2) is 12.4. The molecule has 1 saturated carbocycles. The molecule has 0 aromatic heterocycles. The van der Waals surface area contributed by atoms with Crippen molar-refractivity contribution in [1.82, 2.24) is 0 Å². The lowest BCUT2D eigenvalue weighted by Gasteiger charge is -1.95. The number of rotatable bonds is 3. The van der Waals surface area contributed by atoms with Gasteiger partial charge in [0.25, 0.3) is 0 Å². The molecule has 2 nitrogen and oxygen atoms in total. The second-order valence-electron chi connectivity index (χ2n) is 4.98. The number of benzene rings is 1. The topological polar surface area (TPSA) is 37.3 Å². The number of carbonyl (C=O) groups is 1. The maximum absolute atomic E-state index is 9.60. The Balaban J connectivity index is 0.000000374. The van der Waals surface area contributed by atoms with Gasteiger partial charge in [-0.05, 0) is 38.2 Å². The Morgan fingerprint density at radius 1 is 1.09 bits per heavy atom. The van der Waals surface area contributed by atoms with Crippen LogP contribution in [-0.2, 0) is 4.79 Å². The predicted octanol–water partition coefficient (Wildman–Crippen LogP) is 5.65. The van der Waals surface area contributed by atoms with Crippen molar-refractivity contribution in [3.8, 4) is 0 Å². The first-order valence-corrected chi connectivity index (χ1v) is 7.38. The minimum atomic E-state index is -0.935. The third kappa shape index (κ3) is 10.4. The second-order valence-corrected chi connectivity index (χ2v) is 4.98. The van der Waals surface area contributed by atoms with Crippen molar-refractivity contribution in [3.63, 3.8) is 0 Å². The number of hydrogen-bond donors (Lipinski definition) is 1. The fourth-order valence-corrected chi connectivity index (χ4v) is 1.76. The van der Waals surface area contributed by atoms with Gasteiger partial charge in [0.15, 0.2) is 0 Å². The zero-order valence-electron chi connectivity index (χ0n) is 13.4. The normalized spacial score (nSPS) is 12.0. The van der Waals surface area contributed by atoms with E-state index in [0.717, 1.165) is 0 Å². The van der Waals surface area contributed by atoms with Gasteiger partial charge in [-0.2, -0.15) is 0 Å². The van der Waals surface area contributed by atoms with Crippen molar-refractivity contribution >= 4 is 12.0 Å². The lowest BCUT2D eigenvalue weighted by Crippen LogP contribution is -1.92. The van der Waals surface area contributed by atoms with Crippen molar-refractivity contribution in [2.24, 2.45) is 0 Å². The molecule has 0 spiro atoms. The minimum absolute atomic E-state index is 0.176. The highest BCUT2D eigenvalue weighted by molar-refractivity contribution is 5.84. The monoisotopic (exact) mass is 298 g/mol. The van der Waals surface area contributed by atoms with Gasteiger partial charge in [0.1, 0.15) is 0 Å². The van der Waals surface area contributed by atoms with Crippen molar-refractivity contribution in [2.75, 3.05) is 0 Å². The van der Waals surface area contributed by atoms with Gasteiger partial charge in [0.2, 0.25) is 0 Å². The molecule has 0 radical (unpaired) electrons. The number of aliphatic carboxylic acids is 1. The summed E-state index contributed by atoms with van der Waals surface area (Å²) in [7, 11) is 0. The van der Waals surface area contributed by atoms with E-state index in [1.807, 2.05) is 0 Å². The van der Waals surface area contributed by atoms with Gasteiger partial charge in [0.05, 0.1) is 0 Å². The number of allylic oxidation sites excluding steroid dienone is 3. The van der Waals surface area contributed by atoms with E-state index in [4.69, 9.17) is 5.11 Å². The van der Waals surface area contributed by atoms with Gasteiger partial charge in [-0.25, -0.2) is 4.79 Å². The van der Waals surface area contributed by atoms with E-state index in [0.29, 0.717) is 0 Å². The van der Waals surface area contributed by atoms with E-state index in [9.17, 15) is 4.79 Å². The summed E-state index contributed by atoms with van der Waals surface area (Å²) in [6.07, 6.45) is 11.0. The van der Waals surface area contributed by atoms with E-state index in [1.54, 1.807) is 17.7 Å². The molecule has 2 rings (SSSR count). The average Bonchev–Trinajstić information content (AvgIpc) is 3.02. The summed E-state index contributed by atoms with van der Waals surface area (Å²) in [5.74, 6) is -0.935. The number of carboxylic acid groups (broad SMARTS) is 1. The molecule has 1 fully saturated rings. The Morgan fingerprint density at radius 3 is 1.91 bits per heavy atom. The maximum atomic E-state index is 9.60. The number of carboxylic acids is 1. The molecule has 1 aromatic rings. The zero-order valence-corrected chi connectivity index (χ0v) is 13.4. The van der Waals surface area contributed by atoms with Gasteiger partial charge >= 0.3 is 5.97 Å². The minimum Gasteiger partial charge on any atom is -0.478 e. The first-order valence-electron chi connectivity index (χ1n) is 7.38. The van der Waals surface area contributed by atoms with Crippen LogP contribution in [0.25, 0.3) is 6.08 Å². The summed E-state index contributed by atoms with van der Waals surface area (Å²) in [4.78, 5) is 9.60. The Labute approximate surface area is 134 Å². The molecular formula is C20H26O2. The quantitative estimate of drug-likeness (QED) is 0.578. The van der Waals surface area contributed by atoms with Gasteiger partial charge in [-0.1, -0.05) is 73.9 Å². The molecule has 0 aliphatic heterocycles. The summed E-state index contributed by atoms with van der Waals surface area (Å²) in [5, 5.41) is 7.89. The average molecular weight is 298 g/mol. The molecule has 0 bridgehead atoms. The van der Waals surface area contributed by atoms with Crippen LogP contribution in [-0.4, -0.2) is 11.1 Å². The summed E-state index contributed by atoms with van der Waals surface area (Å²) >= 11 is 0. The van der Waals surface area contributed by atoms with E-state index < -0.39 is 5.97 Å². The van der Waals surface area contributed by atoms with Gasteiger partial charge in [-0.15, -0.1) is 0 Å². The van der Waals surface area contributed by atoms with Crippen LogP contribution in [0, 0.1) is 0 Å². The standard InChI is InChI=1S/C12H14.C4H6O2.C4H6/c1-2-6-11(7-3-1)10-12-8-4-5-9-12;1-3(2)4(5)6;1-3-4-2/h1-3,6-7,10H,4-5,8-9H2;1H2,2H3,(H,5,6);3-4H,1-2H2. The van der Waals surface area contributed by atoms with E-state index in [-0.39, 0.29) is 5.57 Å². The molecule has 1 N–H and O–H groups in total. The molecule has 0 amide bonds. The fourth-order valence-electron chi connectivity index (χ4n) is 1.76. The molecule has 0 heterocycles. The molecule has 0 atom stereocenters. The van der Waals surface area contributed by atoms with Gasteiger partial charge in [0, 0.05) is 5.57 Å². The highest BCUT2D eigenvalue weighted by atomic mass is 16.4. The smallest absolute Gasteiger partial charge is 0.330 e. The lowest BCUT2D eigenvalue weighted by molar-refractivity contribution is -0.132. The molecule has 1 aliphatic carbocycles. The molecule has 0 saturated heterocycles. The first-order chi connectivity index (χ1) is 10.5. The Hall–Kier alpha value is -2.35. The molecule has 2 heteroatoms. The third-order valence-corrected chi connectivity index (χ3v) is 2.95. The van der Waals surface area contributed by atoms with Crippen LogP contribution in [0.1, 0.15) is 38.2 Å². The predicted molar refractivity (Wildman–Crippen MR) is 95.7 cm³/mol. The van der Waals surface area contributed by atoms with Crippen molar-refractivity contribution in [1.29, 1.82) is 0 Å². The third-order valence-electron chi connectivity index (χ3n) is 2.95. The van der Waals surface area contributed by atoms with Crippen molar-refractivity contribution in [3.05, 3.63) is 78.9 Å². The lowest BCUT2D eigenvalue weighted by atomic mass is 10.1. The largest absolute Gasteiger partial charge is 0.478 e. The van der Waals surface area contributed by atoms with Crippen LogP contribution in [0.15, 0.2) is 73.4 Å². The van der Waals surface area contributed by atoms with Gasteiger partial charge < -0.3 is 5.11 Å². The highest BCUT2D eigenvalue weighted by Gasteiger charge is 2.05. The van der Waals surface area contributed by atoms with Crippen molar-refractivity contribution in [2.45, 2.75) is 32.6 Å². The van der Waals surface area contributed by atoms with E-state index in [1.165, 1.54) is 38.2 Å². The van der Waals surface area contributed by atoms with Crippen LogP contribution in [0.4, 0.5) is 0 Å². The van der Waals surface area contributed by atoms with Crippen LogP contribution in [0.3, 0.4) is 0 Å². The Kier molecular flexibility index (Phi) is 11.1. The van der Waals surface area contributed by atoms with Crippen molar-refractivity contribution < 1.29 is 9.90 Å². The molecule has 22 heavy (non-hydrogen) atoms. The summed E-state index contributed by atoms with van der Waals surface area (Å²) in [6.45, 7) is 11.3. The summed E-state index contributed by atoms with van der Waals surface area (Å²) in [6, 6.07) is 10.6. The van der Waals surface area contributed by atoms with E-state index in [2.05, 4.69) is 56.1 Å². The SMILES string of the molecule is C(=C1CCCC1)c1ccccc1.C=C(C)C(=O)O.C=CC=C. The molecule has 118 valence electrons. The Morgan fingerprint density at radius 2 is 1.55 bits per heavy atom. The number of hydrogen-bond acceptors (Lipinski definition) is 1. The first kappa shape index (κ1) is 19.7. The molecule has 1 aliphatic rings.